The molecular formula is C23H32N6OS. The van der Waals surface area contributed by atoms with E-state index < -0.39 is 0 Å². The van der Waals surface area contributed by atoms with E-state index in [-0.39, 0.29) is 0 Å². The summed E-state index contributed by atoms with van der Waals surface area (Å²) < 4.78 is 5.36. The zero-order valence-corrected chi connectivity index (χ0v) is 19.3. The van der Waals surface area contributed by atoms with Crippen molar-refractivity contribution in [3.63, 3.8) is 0 Å². The van der Waals surface area contributed by atoms with Crippen LogP contribution in [-0.2, 0) is 4.74 Å². The Hall–Kier alpha value is -2.47. The molecule has 0 saturated carbocycles. The summed E-state index contributed by atoms with van der Waals surface area (Å²) in [6, 6.07) is 8.35. The molecule has 31 heavy (non-hydrogen) atoms. The molecule has 1 aliphatic rings. The van der Waals surface area contributed by atoms with Gasteiger partial charge in [-0.2, -0.15) is 5.26 Å². The third-order valence-corrected chi connectivity index (χ3v) is 5.67. The number of pyridine rings is 1. The minimum atomic E-state index is 0.574. The van der Waals surface area contributed by atoms with Crippen LogP contribution in [0.5, 0.6) is 0 Å². The summed E-state index contributed by atoms with van der Waals surface area (Å²) in [5, 5.41) is 21.0. The van der Waals surface area contributed by atoms with E-state index in [1.54, 1.807) is 0 Å². The highest BCUT2D eigenvalue weighted by atomic mass is 32.1. The standard InChI is InChI=1S/C23H32N6OS/c1-17-13-18(2)20-15-19(16-24)22(28-21(20)14-17)25-5-3-6-26-23(31)27-7-4-8-29-9-11-30-12-10-29/h13-15H,3-12H2,1-2H3,(H,25,28)(H2,26,27,31). The fourth-order valence-corrected chi connectivity index (χ4v) is 3.94. The van der Waals surface area contributed by atoms with Crippen molar-refractivity contribution in [3.05, 3.63) is 34.9 Å². The number of aromatic nitrogens is 1. The minimum absolute atomic E-state index is 0.574. The van der Waals surface area contributed by atoms with Crippen molar-refractivity contribution in [1.29, 1.82) is 5.26 Å². The van der Waals surface area contributed by atoms with Crippen molar-refractivity contribution in [1.82, 2.24) is 20.5 Å². The number of aryl methyl sites for hydroxylation is 2. The molecule has 1 fully saturated rings. The summed E-state index contributed by atoms with van der Waals surface area (Å²) in [6.45, 7) is 11.2. The molecule has 0 spiro atoms. The molecule has 166 valence electrons. The average Bonchev–Trinajstić information content (AvgIpc) is 2.76. The largest absolute Gasteiger partial charge is 0.379 e. The smallest absolute Gasteiger partial charge is 0.166 e. The first-order valence-corrected chi connectivity index (χ1v) is 11.4. The normalized spacial score (nSPS) is 14.2. The van der Waals surface area contributed by atoms with Crippen LogP contribution in [0.2, 0.25) is 0 Å². The molecule has 3 N–H and O–H groups in total. The number of ether oxygens (including phenoxy) is 1. The van der Waals surface area contributed by atoms with Gasteiger partial charge in [0.05, 0.1) is 24.3 Å². The van der Waals surface area contributed by atoms with Crippen molar-refractivity contribution < 1.29 is 4.74 Å². The van der Waals surface area contributed by atoms with Gasteiger partial charge in [-0.25, -0.2) is 4.98 Å². The van der Waals surface area contributed by atoms with Gasteiger partial charge in [0.1, 0.15) is 11.9 Å². The highest BCUT2D eigenvalue weighted by molar-refractivity contribution is 7.80. The van der Waals surface area contributed by atoms with E-state index in [2.05, 4.69) is 57.9 Å². The lowest BCUT2D eigenvalue weighted by atomic mass is 10.0. The highest BCUT2D eigenvalue weighted by Crippen LogP contribution is 2.24. The van der Waals surface area contributed by atoms with Gasteiger partial charge in [0.2, 0.25) is 0 Å². The molecule has 0 amide bonds. The van der Waals surface area contributed by atoms with Crippen LogP contribution < -0.4 is 16.0 Å². The van der Waals surface area contributed by atoms with E-state index in [1.807, 2.05) is 6.07 Å². The van der Waals surface area contributed by atoms with E-state index in [1.165, 1.54) is 5.56 Å². The number of fused-ring (bicyclic) bond motifs is 1. The predicted octanol–water partition coefficient (Wildman–Crippen LogP) is 2.71. The molecule has 2 aromatic rings. The van der Waals surface area contributed by atoms with Crippen molar-refractivity contribution in [2.45, 2.75) is 26.7 Å². The number of nitriles is 1. The zero-order valence-electron chi connectivity index (χ0n) is 18.5. The maximum Gasteiger partial charge on any atom is 0.166 e. The molecule has 1 aliphatic heterocycles. The first-order valence-electron chi connectivity index (χ1n) is 10.9. The van der Waals surface area contributed by atoms with E-state index in [4.69, 9.17) is 17.0 Å². The Kier molecular flexibility index (Phi) is 8.83. The molecule has 1 aromatic carbocycles. The first-order chi connectivity index (χ1) is 15.1. The van der Waals surface area contributed by atoms with Gasteiger partial charge in [-0.1, -0.05) is 6.07 Å². The zero-order chi connectivity index (χ0) is 22.1. The van der Waals surface area contributed by atoms with E-state index >= 15 is 0 Å². The van der Waals surface area contributed by atoms with E-state index in [0.717, 1.165) is 75.2 Å². The fraction of sp³-hybridized carbons (Fsp3) is 0.522. The van der Waals surface area contributed by atoms with E-state index in [0.29, 0.717) is 23.0 Å². The third-order valence-electron chi connectivity index (χ3n) is 5.38. The Labute approximate surface area is 190 Å². The monoisotopic (exact) mass is 440 g/mol. The molecule has 1 saturated heterocycles. The van der Waals surface area contributed by atoms with Crippen molar-refractivity contribution in [2.24, 2.45) is 0 Å². The molecule has 0 radical (unpaired) electrons. The Balaban J connectivity index is 1.36. The Morgan fingerprint density at radius 2 is 1.87 bits per heavy atom. The maximum absolute atomic E-state index is 9.51. The van der Waals surface area contributed by atoms with Crippen molar-refractivity contribution in [3.8, 4) is 6.07 Å². The molecule has 0 bridgehead atoms. The van der Waals surface area contributed by atoms with Crippen LogP contribution >= 0.6 is 12.2 Å². The van der Waals surface area contributed by atoms with Gasteiger partial charge in [0, 0.05) is 38.1 Å². The molecule has 0 aliphatic carbocycles. The summed E-state index contributed by atoms with van der Waals surface area (Å²) in [6.07, 6.45) is 1.93. The average molecular weight is 441 g/mol. The molecule has 3 rings (SSSR count). The van der Waals surface area contributed by atoms with Crippen molar-refractivity contribution in [2.75, 3.05) is 57.8 Å². The Morgan fingerprint density at radius 1 is 1.13 bits per heavy atom. The molecule has 2 heterocycles. The first kappa shape index (κ1) is 23.2. The number of nitrogens with one attached hydrogen (secondary N) is 3. The number of rotatable bonds is 9. The van der Waals surface area contributed by atoms with Crippen molar-refractivity contribution >= 4 is 34.1 Å². The summed E-state index contributed by atoms with van der Waals surface area (Å²) in [7, 11) is 0. The summed E-state index contributed by atoms with van der Waals surface area (Å²) >= 11 is 5.35. The van der Waals surface area contributed by atoms with E-state index in [9.17, 15) is 5.26 Å². The van der Waals surface area contributed by atoms with Crippen LogP contribution in [0.1, 0.15) is 29.5 Å². The van der Waals surface area contributed by atoms with Gasteiger partial charge in [-0.15, -0.1) is 0 Å². The number of morpholine rings is 1. The van der Waals surface area contributed by atoms with Gasteiger partial charge in [0.25, 0.3) is 0 Å². The molecular weight excluding hydrogens is 408 g/mol. The Bertz CT molecular complexity index is 936. The second-order valence-electron chi connectivity index (χ2n) is 7.92. The quantitative estimate of drug-likeness (QED) is 0.405. The Morgan fingerprint density at radius 3 is 2.61 bits per heavy atom. The van der Waals surface area contributed by atoms with Crippen LogP contribution in [0.3, 0.4) is 0 Å². The van der Waals surface area contributed by atoms with Crippen LogP contribution in [0.15, 0.2) is 18.2 Å². The number of nitrogens with zero attached hydrogens (tertiary/aromatic N) is 3. The minimum Gasteiger partial charge on any atom is -0.379 e. The number of hydrogen-bond donors (Lipinski definition) is 3. The van der Waals surface area contributed by atoms with Crippen LogP contribution in [0.4, 0.5) is 5.82 Å². The van der Waals surface area contributed by atoms with Gasteiger partial charge in [-0.3, -0.25) is 4.90 Å². The maximum atomic E-state index is 9.51. The topological polar surface area (TPSA) is 85.2 Å². The van der Waals surface area contributed by atoms with Gasteiger partial charge >= 0.3 is 0 Å². The summed E-state index contributed by atoms with van der Waals surface area (Å²) in [5.74, 6) is 0.642. The molecule has 0 unspecified atom stereocenters. The lowest BCUT2D eigenvalue weighted by Gasteiger charge is -2.26. The predicted molar refractivity (Wildman–Crippen MR) is 130 cm³/mol. The SMILES string of the molecule is Cc1cc(C)c2cc(C#N)c(NCCCNC(=S)NCCCN3CCOCC3)nc2c1. The number of thiocarbonyl (C=S) groups is 1. The second-order valence-corrected chi connectivity index (χ2v) is 8.32. The fourth-order valence-electron chi connectivity index (χ4n) is 3.74. The van der Waals surface area contributed by atoms with Crippen LogP contribution in [-0.4, -0.2) is 67.5 Å². The van der Waals surface area contributed by atoms with Crippen LogP contribution in [0, 0.1) is 25.2 Å². The molecule has 0 atom stereocenters. The van der Waals surface area contributed by atoms with Gasteiger partial charge < -0.3 is 20.7 Å². The number of benzene rings is 1. The molecule has 8 heteroatoms. The van der Waals surface area contributed by atoms with Gasteiger partial charge in [-0.05, 0) is 68.7 Å². The van der Waals surface area contributed by atoms with Crippen LogP contribution in [0.25, 0.3) is 10.9 Å². The number of anilines is 1. The third kappa shape index (κ3) is 7.03. The summed E-state index contributed by atoms with van der Waals surface area (Å²) in [4.78, 5) is 7.11. The second kappa shape index (κ2) is 11.8. The lowest BCUT2D eigenvalue weighted by molar-refractivity contribution is 0.0376. The lowest BCUT2D eigenvalue weighted by Crippen LogP contribution is -2.40. The molecule has 7 nitrogen and oxygen atoms in total. The summed E-state index contributed by atoms with van der Waals surface area (Å²) in [5.41, 5.74) is 3.80. The number of hydrogen-bond acceptors (Lipinski definition) is 6. The van der Waals surface area contributed by atoms with Gasteiger partial charge in [0.15, 0.2) is 5.11 Å². The highest BCUT2D eigenvalue weighted by Gasteiger charge is 2.10. The molecule has 1 aromatic heterocycles.